The molecule has 3 atom stereocenters. The summed E-state index contributed by atoms with van der Waals surface area (Å²) in [6.45, 7) is 17.9. The molecule has 0 spiro atoms. The second kappa shape index (κ2) is 7.96. The van der Waals surface area contributed by atoms with Gasteiger partial charge >= 0.3 is 5.97 Å². The molecule has 0 aromatic heterocycles. The molecular formula is C18H36O3Si. The van der Waals surface area contributed by atoms with Gasteiger partial charge in [-0.25, -0.2) is 0 Å². The molecule has 1 heterocycles. The van der Waals surface area contributed by atoms with Crippen LogP contribution in [-0.2, 0) is 14.0 Å². The third-order valence-electron chi connectivity index (χ3n) is 5.38. The number of hydrogen-bond donors (Lipinski definition) is 0. The van der Waals surface area contributed by atoms with Crippen LogP contribution in [0.3, 0.4) is 0 Å². The van der Waals surface area contributed by atoms with E-state index in [0.29, 0.717) is 16.6 Å². The Morgan fingerprint density at radius 2 is 1.59 bits per heavy atom. The molecule has 0 N–H and O–H groups in total. The standard InChI is InChI=1S/C18H36O3Si/c1-9-10-11-16-17(15(8)20-18(16)19)21-22(12(2)3,13(4)5)14(6)7/h12-17H,9-11H2,1-8H3/t15-,16-,17+/m0/s1. The van der Waals surface area contributed by atoms with Crippen LogP contribution < -0.4 is 0 Å². The van der Waals surface area contributed by atoms with Crippen LogP contribution in [-0.4, -0.2) is 26.5 Å². The Morgan fingerprint density at radius 1 is 1.09 bits per heavy atom. The maximum atomic E-state index is 12.2. The fourth-order valence-corrected chi connectivity index (χ4v) is 9.97. The number of cyclic esters (lactones) is 1. The molecule has 1 fully saturated rings. The summed E-state index contributed by atoms with van der Waals surface area (Å²) in [5.41, 5.74) is 1.59. The zero-order valence-corrected chi connectivity index (χ0v) is 16.8. The Kier molecular flexibility index (Phi) is 7.12. The van der Waals surface area contributed by atoms with Crippen molar-refractivity contribution in [3.8, 4) is 0 Å². The predicted molar refractivity (Wildman–Crippen MR) is 94.5 cm³/mol. The van der Waals surface area contributed by atoms with Crippen molar-refractivity contribution in [3.63, 3.8) is 0 Å². The van der Waals surface area contributed by atoms with Gasteiger partial charge in [0.05, 0.1) is 12.0 Å². The fourth-order valence-electron chi connectivity index (χ4n) is 4.33. The van der Waals surface area contributed by atoms with Crippen molar-refractivity contribution in [1.82, 2.24) is 0 Å². The number of hydrogen-bond acceptors (Lipinski definition) is 3. The average Bonchev–Trinajstić information content (AvgIpc) is 2.66. The maximum absolute atomic E-state index is 12.2. The third kappa shape index (κ3) is 3.76. The smallest absolute Gasteiger partial charge is 0.312 e. The molecule has 1 saturated heterocycles. The van der Waals surface area contributed by atoms with Gasteiger partial charge < -0.3 is 9.16 Å². The normalized spacial score (nSPS) is 26.3. The van der Waals surface area contributed by atoms with E-state index in [1.54, 1.807) is 0 Å². The first-order chi connectivity index (χ1) is 10.2. The van der Waals surface area contributed by atoms with Crippen LogP contribution in [0.5, 0.6) is 0 Å². The molecule has 1 rings (SSSR count). The van der Waals surface area contributed by atoms with Crippen LogP contribution in [0.1, 0.15) is 74.7 Å². The molecule has 0 aromatic carbocycles. The number of esters is 1. The van der Waals surface area contributed by atoms with Gasteiger partial charge in [0.15, 0.2) is 0 Å². The zero-order valence-electron chi connectivity index (χ0n) is 15.8. The third-order valence-corrected chi connectivity index (χ3v) is 11.5. The van der Waals surface area contributed by atoms with Crippen molar-refractivity contribution in [1.29, 1.82) is 0 Å². The SMILES string of the molecule is CCCC[C@@H]1C(=O)O[C@@H](C)[C@H]1O[Si](C(C)C)(C(C)C)C(C)C. The van der Waals surface area contributed by atoms with Gasteiger partial charge in [0, 0.05) is 0 Å². The van der Waals surface area contributed by atoms with Gasteiger partial charge in [-0.15, -0.1) is 0 Å². The van der Waals surface area contributed by atoms with Gasteiger partial charge in [-0.05, 0) is 30.0 Å². The Bertz CT molecular complexity index is 344. The molecule has 0 aliphatic carbocycles. The minimum Gasteiger partial charge on any atom is -0.460 e. The topological polar surface area (TPSA) is 35.5 Å². The van der Waals surface area contributed by atoms with Crippen molar-refractivity contribution in [2.75, 3.05) is 0 Å². The molecule has 0 unspecified atom stereocenters. The van der Waals surface area contributed by atoms with Crippen LogP contribution in [0.25, 0.3) is 0 Å². The summed E-state index contributed by atoms with van der Waals surface area (Å²) < 4.78 is 12.4. The van der Waals surface area contributed by atoms with E-state index in [9.17, 15) is 4.79 Å². The Labute approximate surface area is 138 Å². The van der Waals surface area contributed by atoms with E-state index in [2.05, 4.69) is 48.5 Å². The van der Waals surface area contributed by atoms with Gasteiger partial charge in [0.2, 0.25) is 8.32 Å². The monoisotopic (exact) mass is 328 g/mol. The summed E-state index contributed by atoms with van der Waals surface area (Å²) in [6, 6.07) is 0. The van der Waals surface area contributed by atoms with Crippen LogP contribution in [0.15, 0.2) is 0 Å². The average molecular weight is 329 g/mol. The number of unbranched alkanes of at least 4 members (excludes halogenated alkanes) is 1. The van der Waals surface area contributed by atoms with Crippen molar-refractivity contribution < 1.29 is 14.0 Å². The van der Waals surface area contributed by atoms with Gasteiger partial charge in [-0.1, -0.05) is 61.3 Å². The minimum atomic E-state index is -1.98. The second-order valence-electron chi connectivity index (χ2n) is 7.79. The fraction of sp³-hybridized carbons (Fsp3) is 0.944. The predicted octanol–water partition coefficient (Wildman–Crippen LogP) is 5.30. The lowest BCUT2D eigenvalue weighted by molar-refractivity contribution is -0.143. The summed E-state index contributed by atoms with van der Waals surface area (Å²) >= 11 is 0. The second-order valence-corrected chi connectivity index (χ2v) is 13.2. The Hall–Kier alpha value is -0.353. The highest BCUT2D eigenvalue weighted by molar-refractivity contribution is 6.77. The first-order valence-electron chi connectivity index (χ1n) is 9.06. The lowest BCUT2D eigenvalue weighted by atomic mass is 9.96. The maximum Gasteiger partial charge on any atom is 0.312 e. The van der Waals surface area contributed by atoms with Crippen molar-refractivity contribution in [2.45, 2.75) is 103 Å². The summed E-state index contributed by atoms with van der Waals surface area (Å²) in [5, 5.41) is 0. The van der Waals surface area contributed by atoms with Gasteiger partial charge in [-0.2, -0.15) is 0 Å². The van der Waals surface area contributed by atoms with Crippen molar-refractivity contribution >= 4 is 14.3 Å². The summed E-state index contributed by atoms with van der Waals surface area (Å²) in [6.07, 6.45) is 2.89. The molecule has 4 heteroatoms. The summed E-state index contributed by atoms with van der Waals surface area (Å²) in [4.78, 5) is 12.2. The van der Waals surface area contributed by atoms with E-state index in [1.807, 2.05) is 6.92 Å². The van der Waals surface area contributed by atoms with E-state index in [0.717, 1.165) is 19.3 Å². The minimum absolute atomic E-state index is 0.0508. The van der Waals surface area contributed by atoms with E-state index in [4.69, 9.17) is 9.16 Å². The van der Waals surface area contributed by atoms with Gasteiger partial charge in [0.1, 0.15) is 6.10 Å². The molecule has 3 nitrogen and oxygen atoms in total. The van der Waals surface area contributed by atoms with Gasteiger partial charge in [-0.3, -0.25) is 4.79 Å². The molecule has 0 bridgehead atoms. The molecule has 0 amide bonds. The quantitative estimate of drug-likeness (QED) is 0.448. The highest BCUT2D eigenvalue weighted by atomic mass is 28.4. The lowest BCUT2D eigenvalue weighted by Gasteiger charge is -2.45. The van der Waals surface area contributed by atoms with Crippen molar-refractivity contribution in [3.05, 3.63) is 0 Å². The number of carbonyl (C=O) groups is 1. The summed E-state index contributed by atoms with van der Waals surface area (Å²) in [7, 11) is -1.98. The van der Waals surface area contributed by atoms with E-state index in [1.165, 1.54) is 0 Å². The van der Waals surface area contributed by atoms with Crippen molar-refractivity contribution in [2.24, 2.45) is 5.92 Å². The lowest BCUT2D eigenvalue weighted by Crippen LogP contribution is -2.52. The number of carbonyl (C=O) groups excluding carboxylic acids is 1. The first kappa shape index (κ1) is 19.7. The Morgan fingerprint density at radius 3 is 2.00 bits per heavy atom. The molecule has 22 heavy (non-hydrogen) atoms. The van der Waals surface area contributed by atoms with Crippen LogP contribution in [0.2, 0.25) is 16.6 Å². The molecule has 0 radical (unpaired) electrons. The van der Waals surface area contributed by atoms with E-state index >= 15 is 0 Å². The number of rotatable bonds is 8. The molecule has 0 saturated carbocycles. The molecule has 1 aliphatic rings. The van der Waals surface area contributed by atoms with E-state index in [-0.39, 0.29) is 24.1 Å². The molecule has 130 valence electrons. The van der Waals surface area contributed by atoms with Gasteiger partial charge in [0.25, 0.3) is 0 Å². The van der Waals surface area contributed by atoms with Crippen LogP contribution in [0, 0.1) is 5.92 Å². The zero-order chi connectivity index (χ0) is 17.1. The molecule has 0 aromatic rings. The molecular weight excluding hydrogens is 292 g/mol. The molecule has 1 aliphatic heterocycles. The Balaban J connectivity index is 3.06. The van der Waals surface area contributed by atoms with Crippen LogP contribution >= 0.6 is 0 Å². The number of ether oxygens (including phenoxy) is 1. The largest absolute Gasteiger partial charge is 0.460 e. The highest BCUT2D eigenvalue weighted by Crippen LogP contribution is 2.45. The summed E-state index contributed by atoms with van der Waals surface area (Å²) in [5.74, 6) is -0.122. The first-order valence-corrected chi connectivity index (χ1v) is 11.2. The van der Waals surface area contributed by atoms with Crippen LogP contribution in [0.4, 0.5) is 0 Å². The van der Waals surface area contributed by atoms with E-state index < -0.39 is 8.32 Å². The highest BCUT2D eigenvalue weighted by Gasteiger charge is 2.52.